The Morgan fingerprint density at radius 2 is 2.00 bits per heavy atom. The van der Waals surface area contributed by atoms with Crippen molar-refractivity contribution in [1.82, 2.24) is 4.90 Å². The number of rotatable bonds is 5. The van der Waals surface area contributed by atoms with Crippen LogP contribution in [0.15, 0.2) is 36.4 Å². The summed E-state index contributed by atoms with van der Waals surface area (Å²) in [6, 6.07) is 6.57. The number of carbonyl (C=O) groups is 2. The predicted octanol–water partition coefficient (Wildman–Crippen LogP) is 2.35. The van der Waals surface area contributed by atoms with Crippen molar-refractivity contribution in [3.8, 4) is 0 Å². The summed E-state index contributed by atoms with van der Waals surface area (Å²) in [6.07, 6.45) is -0.124. The average Bonchev–Trinajstić information content (AvgIpc) is 2.30. The lowest BCUT2D eigenvalue weighted by Gasteiger charge is -2.19. The molecule has 0 fully saturated rings. The maximum Gasteiger partial charge on any atom is 0.321 e. The van der Waals surface area contributed by atoms with Gasteiger partial charge in [0, 0.05) is 19.3 Å². The number of carbonyl (C=O) groups excluding carboxylic acids is 1. The van der Waals surface area contributed by atoms with E-state index in [0.717, 1.165) is 5.57 Å². The molecule has 1 aromatic rings. The van der Waals surface area contributed by atoms with E-state index in [2.05, 4.69) is 11.9 Å². The van der Waals surface area contributed by atoms with Crippen molar-refractivity contribution in [2.45, 2.75) is 13.3 Å². The number of hydrogen-bond acceptors (Lipinski definition) is 2. The summed E-state index contributed by atoms with van der Waals surface area (Å²) in [5.74, 6) is -0.933. The van der Waals surface area contributed by atoms with E-state index >= 15 is 0 Å². The highest BCUT2D eigenvalue weighted by atomic mass is 16.4. The van der Waals surface area contributed by atoms with Crippen molar-refractivity contribution < 1.29 is 14.7 Å². The number of likely N-dealkylation sites (N-methyl/N-ethyl adjacent to an activating group) is 1. The van der Waals surface area contributed by atoms with Gasteiger partial charge in [0.25, 0.3) is 0 Å². The maximum absolute atomic E-state index is 11.9. The summed E-state index contributed by atoms with van der Waals surface area (Å²) in [7, 11) is 1.66. The van der Waals surface area contributed by atoms with E-state index in [1.54, 1.807) is 31.3 Å². The number of benzene rings is 1. The molecule has 0 aromatic heterocycles. The maximum atomic E-state index is 11.9. The summed E-state index contributed by atoms with van der Waals surface area (Å²) in [5.41, 5.74) is 1.96. The SMILES string of the molecule is C=C(C)CN(C)C(=O)Nc1ccccc1CC(=O)O. The molecule has 5 nitrogen and oxygen atoms in total. The van der Waals surface area contributed by atoms with Crippen molar-refractivity contribution in [3.05, 3.63) is 42.0 Å². The van der Waals surface area contributed by atoms with Crippen LogP contribution in [0.5, 0.6) is 0 Å². The van der Waals surface area contributed by atoms with Gasteiger partial charge in [0.2, 0.25) is 0 Å². The second-order valence-electron chi connectivity index (χ2n) is 4.47. The Morgan fingerprint density at radius 1 is 1.37 bits per heavy atom. The lowest BCUT2D eigenvalue weighted by molar-refractivity contribution is -0.136. The van der Waals surface area contributed by atoms with Crippen molar-refractivity contribution in [3.63, 3.8) is 0 Å². The highest BCUT2D eigenvalue weighted by Crippen LogP contribution is 2.16. The molecule has 0 spiro atoms. The topological polar surface area (TPSA) is 69.6 Å². The summed E-state index contributed by atoms with van der Waals surface area (Å²) in [4.78, 5) is 24.1. The second kappa shape index (κ2) is 6.58. The summed E-state index contributed by atoms with van der Waals surface area (Å²) in [6.45, 7) is 6.03. The zero-order valence-corrected chi connectivity index (χ0v) is 11.1. The third-order valence-electron chi connectivity index (χ3n) is 2.45. The fraction of sp³-hybridized carbons (Fsp3) is 0.286. The summed E-state index contributed by atoms with van der Waals surface area (Å²) >= 11 is 0. The van der Waals surface area contributed by atoms with Crippen molar-refractivity contribution in [1.29, 1.82) is 0 Å². The molecule has 1 aromatic carbocycles. The molecule has 0 aliphatic heterocycles. The molecule has 0 radical (unpaired) electrons. The lowest BCUT2D eigenvalue weighted by atomic mass is 10.1. The number of amides is 2. The number of para-hydroxylation sites is 1. The van der Waals surface area contributed by atoms with Crippen LogP contribution in [0.25, 0.3) is 0 Å². The van der Waals surface area contributed by atoms with Gasteiger partial charge in [-0.15, -0.1) is 0 Å². The molecule has 5 heteroatoms. The molecule has 2 amide bonds. The zero-order valence-electron chi connectivity index (χ0n) is 11.1. The Balaban J connectivity index is 2.78. The molecule has 0 atom stereocenters. The first-order chi connectivity index (χ1) is 8.90. The number of hydrogen-bond donors (Lipinski definition) is 2. The van der Waals surface area contributed by atoms with Gasteiger partial charge in [-0.05, 0) is 18.6 Å². The van der Waals surface area contributed by atoms with Crippen LogP contribution in [0.4, 0.5) is 10.5 Å². The van der Waals surface area contributed by atoms with E-state index in [4.69, 9.17) is 5.11 Å². The van der Waals surface area contributed by atoms with Crippen LogP contribution in [0.3, 0.4) is 0 Å². The summed E-state index contributed by atoms with van der Waals surface area (Å²) in [5, 5.41) is 11.5. The second-order valence-corrected chi connectivity index (χ2v) is 4.47. The Kier molecular flexibility index (Phi) is 5.11. The third-order valence-corrected chi connectivity index (χ3v) is 2.45. The van der Waals surface area contributed by atoms with Crippen LogP contribution < -0.4 is 5.32 Å². The summed E-state index contributed by atoms with van der Waals surface area (Å²) < 4.78 is 0. The van der Waals surface area contributed by atoms with Crippen LogP contribution in [-0.4, -0.2) is 35.6 Å². The quantitative estimate of drug-likeness (QED) is 0.800. The first-order valence-corrected chi connectivity index (χ1v) is 5.86. The Bertz CT molecular complexity index is 497. The number of aliphatic carboxylic acids is 1. The van der Waals surface area contributed by atoms with Gasteiger partial charge >= 0.3 is 12.0 Å². The van der Waals surface area contributed by atoms with Gasteiger partial charge < -0.3 is 15.3 Å². The van der Waals surface area contributed by atoms with Gasteiger partial charge in [0.05, 0.1) is 6.42 Å². The van der Waals surface area contributed by atoms with E-state index in [1.807, 2.05) is 6.92 Å². The molecule has 0 saturated carbocycles. The molecular weight excluding hydrogens is 244 g/mol. The fourth-order valence-corrected chi connectivity index (χ4v) is 1.65. The molecule has 0 aliphatic carbocycles. The molecule has 1 rings (SSSR count). The van der Waals surface area contributed by atoms with E-state index in [1.165, 1.54) is 4.90 Å². The van der Waals surface area contributed by atoms with Gasteiger partial charge in [-0.3, -0.25) is 4.79 Å². The van der Waals surface area contributed by atoms with E-state index < -0.39 is 5.97 Å². The van der Waals surface area contributed by atoms with E-state index in [-0.39, 0.29) is 12.5 Å². The van der Waals surface area contributed by atoms with Gasteiger partial charge in [0.15, 0.2) is 0 Å². The number of carboxylic acids is 1. The number of anilines is 1. The van der Waals surface area contributed by atoms with Crippen LogP contribution in [0.1, 0.15) is 12.5 Å². The smallest absolute Gasteiger partial charge is 0.321 e. The Hall–Kier alpha value is -2.30. The largest absolute Gasteiger partial charge is 0.481 e. The highest BCUT2D eigenvalue weighted by molar-refractivity contribution is 5.91. The predicted molar refractivity (Wildman–Crippen MR) is 74.2 cm³/mol. The minimum atomic E-state index is -0.933. The Labute approximate surface area is 112 Å². The normalized spacial score (nSPS) is 9.79. The van der Waals surface area contributed by atoms with Gasteiger partial charge in [-0.25, -0.2) is 4.79 Å². The minimum absolute atomic E-state index is 0.124. The molecule has 102 valence electrons. The number of nitrogens with one attached hydrogen (secondary N) is 1. The highest BCUT2D eigenvalue weighted by Gasteiger charge is 2.12. The third kappa shape index (κ3) is 4.83. The Morgan fingerprint density at radius 3 is 2.58 bits per heavy atom. The molecule has 0 bridgehead atoms. The molecule has 0 saturated heterocycles. The molecule has 19 heavy (non-hydrogen) atoms. The number of carboxylic acid groups (broad SMARTS) is 1. The average molecular weight is 262 g/mol. The molecule has 0 heterocycles. The van der Waals surface area contributed by atoms with Crippen LogP contribution >= 0.6 is 0 Å². The molecule has 0 unspecified atom stereocenters. The standard InChI is InChI=1S/C14H18N2O3/c1-10(2)9-16(3)14(19)15-12-7-5-4-6-11(12)8-13(17)18/h4-7H,1,8-9H2,2-3H3,(H,15,19)(H,17,18). The lowest BCUT2D eigenvalue weighted by Crippen LogP contribution is -2.32. The van der Waals surface area contributed by atoms with E-state index in [0.29, 0.717) is 17.8 Å². The molecule has 2 N–H and O–H groups in total. The first kappa shape index (κ1) is 14.8. The van der Waals surface area contributed by atoms with Crippen LogP contribution in [0.2, 0.25) is 0 Å². The van der Waals surface area contributed by atoms with Crippen LogP contribution in [-0.2, 0) is 11.2 Å². The number of nitrogens with zero attached hydrogens (tertiary/aromatic N) is 1. The molecular formula is C14H18N2O3. The first-order valence-electron chi connectivity index (χ1n) is 5.86. The van der Waals surface area contributed by atoms with Crippen molar-refractivity contribution in [2.24, 2.45) is 0 Å². The van der Waals surface area contributed by atoms with Crippen LogP contribution in [0, 0.1) is 0 Å². The number of urea groups is 1. The zero-order chi connectivity index (χ0) is 14.4. The molecule has 0 aliphatic rings. The van der Waals surface area contributed by atoms with Gasteiger partial charge in [-0.1, -0.05) is 30.4 Å². The van der Waals surface area contributed by atoms with Gasteiger partial charge in [-0.2, -0.15) is 0 Å². The van der Waals surface area contributed by atoms with Gasteiger partial charge in [0.1, 0.15) is 0 Å². The van der Waals surface area contributed by atoms with Crippen molar-refractivity contribution in [2.75, 3.05) is 18.9 Å². The van der Waals surface area contributed by atoms with Crippen molar-refractivity contribution >= 4 is 17.7 Å². The minimum Gasteiger partial charge on any atom is -0.481 e. The fourth-order valence-electron chi connectivity index (χ4n) is 1.65. The monoisotopic (exact) mass is 262 g/mol. The van der Waals surface area contributed by atoms with E-state index in [9.17, 15) is 9.59 Å².